The molecule has 3 nitrogen and oxygen atoms in total. The Morgan fingerprint density at radius 3 is 3.00 bits per heavy atom. The molecule has 3 heteroatoms. The maximum absolute atomic E-state index is 4.89. The molecule has 0 atom stereocenters. The summed E-state index contributed by atoms with van der Waals surface area (Å²) < 4.78 is 0. The van der Waals surface area contributed by atoms with Crippen molar-refractivity contribution in [2.45, 2.75) is 0 Å². The van der Waals surface area contributed by atoms with Crippen molar-refractivity contribution in [3.63, 3.8) is 0 Å². The van der Waals surface area contributed by atoms with Gasteiger partial charge >= 0.3 is 0 Å². The van der Waals surface area contributed by atoms with Crippen LogP contribution in [0.1, 0.15) is 5.69 Å². The fourth-order valence-electron chi connectivity index (χ4n) is 0.666. The molecule has 1 aromatic heterocycles. The van der Waals surface area contributed by atoms with Crippen molar-refractivity contribution in [2.75, 3.05) is 0 Å². The average molecular weight is 147 g/mol. The van der Waals surface area contributed by atoms with Crippen molar-refractivity contribution in [3.05, 3.63) is 36.2 Å². The van der Waals surface area contributed by atoms with Gasteiger partial charge in [0.25, 0.3) is 0 Å². The van der Waals surface area contributed by atoms with Crippen molar-refractivity contribution >= 4 is 12.3 Å². The Morgan fingerprint density at radius 1 is 1.45 bits per heavy atom. The molecule has 0 aliphatic heterocycles. The molecule has 1 heterocycles. The third kappa shape index (κ3) is 2.62. The fourth-order valence-corrected chi connectivity index (χ4v) is 0.666. The van der Waals surface area contributed by atoms with E-state index in [9.17, 15) is 0 Å². The number of pyridine rings is 1. The third-order valence-electron chi connectivity index (χ3n) is 1.13. The van der Waals surface area contributed by atoms with Gasteiger partial charge in [0.15, 0.2) is 0 Å². The number of hydrazone groups is 1. The molecule has 1 aromatic rings. The van der Waals surface area contributed by atoms with Gasteiger partial charge in [-0.15, -0.1) is 0 Å². The standard InChI is InChI=1S/C8H9N3/c9-11-7-3-5-8-4-1-2-6-10-8/h1-7H,9H2. The number of nitrogens with zero attached hydrogens (tertiary/aromatic N) is 2. The SMILES string of the molecule is NN=CC=Cc1ccccn1. The minimum absolute atomic E-state index is 0.896. The largest absolute Gasteiger partial charge is 0.323 e. The van der Waals surface area contributed by atoms with Gasteiger partial charge in [0, 0.05) is 12.4 Å². The molecule has 0 spiro atoms. The fraction of sp³-hybridized carbons (Fsp3) is 0. The molecule has 0 saturated carbocycles. The first-order chi connectivity index (χ1) is 5.43. The Kier molecular flexibility index (Phi) is 2.86. The van der Waals surface area contributed by atoms with Crippen molar-refractivity contribution in [3.8, 4) is 0 Å². The van der Waals surface area contributed by atoms with Crippen molar-refractivity contribution < 1.29 is 0 Å². The maximum atomic E-state index is 4.89. The molecule has 0 radical (unpaired) electrons. The number of allylic oxidation sites excluding steroid dienone is 1. The van der Waals surface area contributed by atoms with Crippen LogP contribution < -0.4 is 5.84 Å². The van der Waals surface area contributed by atoms with Crippen LogP contribution in [0.25, 0.3) is 6.08 Å². The van der Waals surface area contributed by atoms with Crippen LogP contribution in [0.3, 0.4) is 0 Å². The van der Waals surface area contributed by atoms with Crippen LogP contribution in [0, 0.1) is 0 Å². The van der Waals surface area contributed by atoms with Gasteiger partial charge in [-0.1, -0.05) is 6.07 Å². The van der Waals surface area contributed by atoms with Crippen LogP contribution >= 0.6 is 0 Å². The van der Waals surface area contributed by atoms with E-state index in [1.54, 1.807) is 12.3 Å². The average Bonchev–Trinajstić information content (AvgIpc) is 2.07. The summed E-state index contributed by atoms with van der Waals surface area (Å²) in [7, 11) is 0. The van der Waals surface area contributed by atoms with E-state index in [2.05, 4.69) is 10.1 Å². The Morgan fingerprint density at radius 2 is 2.36 bits per heavy atom. The lowest BCUT2D eigenvalue weighted by molar-refractivity contribution is 1.27. The van der Waals surface area contributed by atoms with Gasteiger partial charge in [-0.2, -0.15) is 5.10 Å². The van der Waals surface area contributed by atoms with Crippen LogP contribution in [0.2, 0.25) is 0 Å². The Labute approximate surface area is 65.3 Å². The van der Waals surface area contributed by atoms with Crippen molar-refractivity contribution in [1.82, 2.24) is 4.98 Å². The molecule has 0 fully saturated rings. The molecule has 11 heavy (non-hydrogen) atoms. The summed E-state index contributed by atoms with van der Waals surface area (Å²) in [5.74, 6) is 4.89. The van der Waals surface area contributed by atoms with E-state index in [1.807, 2.05) is 24.3 Å². The highest BCUT2D eigenvalue weighted by Crippen LogP contribution is 1.94. The highest BCUT2D eigenvalue weighted by molar-refractivity contribution is 5.77. The van der Waals surface area contributed by atoms with Crippen molar-refractivity contribution in [2.24, 2.45) is 10.9 Å². The monoisotopic (exact) mass is 147 g/mol. The second-order valence-corrected chi connectivity index (χ2v) is 1.91. The second-order valence-electron chi connectivity index (χ2n) is 1.91. The normalized spacial score (nSPS) is 11.3. The quantitative estimate of drug-likeness (QED) is 0.386. The Balaban J connectivity index is 2.64. The molecule has 1 rings (SSSR count). The minimum atomic E-state index is 0.896. The van der Waals surface area contributed by atoms with Gasteiger partial charge in [-0.3, -0.25) is 4.98 Å². The zero-order valence-electron chi connectivity index (χ0n) is 6.01. The predicted molar refractivity (Wildman–Crippen MR) is 46.0 cm³/mol. The van der Waals surface area contributed by atoms with Gasteiger partial charge < -0.3 is 5.84 Å². The topological polar surface area (TPSA) is 51.3 Å². The van der Waals surface area contributed by atoms with Crippen molar-refractivity contribution in [1.29, 1.82) is 0 Å². The first kappa shape index (κ1) is 7.47. The molecule has 0 aliphatic carbocycles. The van der Waals surface area contributed by atoms with E-state index < -0.39 is 0 Å². The van der Waals surface area contributed by atoms with Gasteiger partial charge in [0.2, 0.25) is 0 Å². The highest BCUT2D eigenvalue weighted by Gasteiger charge is 1.80. The maximum Gasteiger partial charge on any atom is 0.0630 e. The van der Waals surface area contributed by atoms with Gasteiger partial charge in [-0.05, 0) is 24.3 Å². The smallest absolute Gasteiger partial charge is 0.0630 e. The minimum Gasteiger partial charge on any atom is -0.323 e. The summed E-state index contributed by atoms with van der Waals surface area (Å²) in [5, 5.41) is 3.31. The molecule has 0 aromatic carbocycles. The Hall–Kier alpha value is -1.64. The molecule has 56 valence electrons. The van der Waals surface area contributed by atoms with Crippen LogP contribution in [0.5, 0.6) is 0 Å². The number of rotatable bonds is 2. The summed E-state index contributed by atoms with van der Waals surface area (Å²) in [6.07, 6.45) is 6.81. The summed E-state index contributed by atoms with van der Waals surface area (Å²) in [4.78, 5) is 4.06. The van der Waals surface area contributed by atoms with Gasteiger partial charge in [-0.25, -0.2) is 0 Å². The van der Waals surface area contributed by atoms with E-state index >= 15 is 0 Å². The summed E-state index contributed by atoms with van der Waals surface area (Å²) in [6, 6.07) is 5.70. The number of aromatic nitrogens is 1. The summed E-state index contributed by atoms with van der Waals surface area (Å²) >= 11 is 0. The van der Waals surface area contributed by atoms with E-state index in [4.69, 9.17) is 5.84 Å². The molecule has 0 unspecified atom stereocenters. The van der Waals surface area contributed by atoms with Crippen LogP contribution in [0.4, 0.5) is 0 Å². The lowest BCUT2D eigenvalue weighted by Gasteiger charge is -1.86. The van der Waals surface area contributed by atoms with E-state index in [0.717, 1.165) is 5.69 Å². The molecule has 2 N–H and O–H groups in total. The van der Waals surface area contributed by atoms with E-state index in [1.165, 1.54) is 6.21 Å². The van der Waals surface area contributed by atoms with Crippen LogP contribution in [-0.4, -0.2) is 11.2 Å². The zero-order chi connectivity index (χ0) is 7.94. The highest BCUT2D eigenvalue weighted by atomic mass is 15.1. The molecular weight excluding hydrogens is 138 g/mol. The zero-order valence-corrected chi connectivity index (χ0v) is 6.01. The number of hydrogen-bond donors (Lipinski definition) is 1. The Bertz CT molecular complexity index is 251. The lowest BCUT2D eigenvalue weighted by atomic mass is 10.3. The van der Waals surface area contributed by atoms with E-state index in [0.29, 0.717) is 0 Å². The first-order valence-electron chi connectivity index (χ1n) is 3.24. The summed E-state index contributed by atoms with van der Waals surface area (Å²) in [6.45, 7) is 0. The summed E-state index contributed by atoms with van der Waals surface area (Å²) in [5.41, 5.74) is 0.896. The molecule has 0 bridgehead atoms. The molecular formula is C8H9N3. The number of nitrogens with two attached hydrogens (primary N) is 1. The molecule has 0 saturated heterocycles. The predicted octanol–water partition coefficient (Wildman–Crippen LogP) is 1.04. The van der Waals surface area contributed by atoms with E-state index in [-0.39, 0.29) is 0 Å². The van der Waals surface area contributed by atoms with Crippen LogP contribution in [0.15, 0.2) is 35.6 Å². The number of hydrogen-bond acceptors (Lipinski definition) is 3. The second kappa shape index (κ2) is 4.22. The molecule has 0 amide bonds. The third-order valence-corrected chi connectivity index (χ3v) is 1.13. The molecule has 0 aliphatic rings. The van der Waals surface area contributed by atoms with Gasteiger partial charge in [0.1, 0.15) is 0 Å². The van der Waals surface area contributed by atoms with Gasteiger partial charge in [0.05, 0.1) is 5.69 Å². The first-order valence-corrected chi connectivity index (χ1v) is 3.24. The lowest BCUT2D eigenvalue weighted by Crippen LogP contribution is -1.79. The van der Waals surface area contributed by atoms with Crippen LogP contribution in [-0.2, 0) is 0 Å².